The first-order valence-electron chi connectivity index (χ1n) is 6.00. The molecule has 0 saturated carbocycles. The van der Waals surface area contributed by atoms with Crippen molar-refractivity contribution in [2.24, 2.45) is 5.92 Å². The Balaban J connectivity index is 2.81. The lowest BCUT2D eigenvalue weighted by atomic mass is 10.1. The highest BCUT2D eigenvalue weighted by Gasteiger charge is 2.16. The minimum atomic E-state index is -0.0210. The Morgan fingerprint density at radius 1 is 1.39 bits per heavy atom. The molecular formula is C14H18N2OS. The van der Waals surface area contributed by atoms with Crippen LogP contribution in [-0.4, -0.2) is 23.9 Å². The van der Waals surface area contributed by atoms with Crippen LogP contribution in [0.15, 0.2) is 29.2 Å². The third-order valence-electron chi connectivity index (χ3n) is 2.48. The normalized spacial score (nSPS) is 10.2. The first-order chi connectivity index (χ1) is 8.54. The lowest BCUT2D eigenvalue weighted by Gasteiger charge is -2.23. The van der Waals surface area contributed by atoms with Crippen LogP contribution in [0.1, 0.15) is 30.6 Å². The van der Waals surface area contributed by atoms with Crippen LogP contribution in [0.4, 0.5) is 0 Å². The molecule has 0 atom stereocenters. The molecule has 1 amide bonds. The van der Waals surface area contributed by atoms with Crippen molar-refractivity contribution in [2.75, 3.05) is 13.1 Å². The summed E-state index contributed by atoms with van der Waals surface area (Å²) in [6, 6.07) is 9.22. The van der Waals surface area contributed by atoms with Gasteiger partial charge < -0.3 is 4.90 Å². The van der Waals surface area contributed by atoms with Crippen LogP contribution in [0.2, 0.25) is 0 Å². The van der Waals surface area contributed by atoms with Crippen LogP contribution >= 0.6 is 12.6 Å². The van der Waals surface area contributed by atoms with Gasteiger partial charge in [0.05, 0.1) is 12.5 Å². The molecule has 0 N–H and O–H groups in total. The topological polar surface area (TPSA) is 44.1 Å². The quantitative estimate of drug-likeness (QED) is 0.829. The van der Waals surface area contributed by atoms with Gasteiger partial charge in [0.25, 0.3) is 5.91 Å². The average Bonchev–Trinajstić information content (AvgIpc) is 2.34. The Hall–Kier alpha value is -1.47. The molecule has 0 fully saturated rings. The molecular weight excluding hydrogens is 244 g/mol. The number of hydrogen-bond acceptors (Lipinski definition) is 3. The summed E-state index contributed by atoms with van der Waals surface area (Å²) < 4.78 is 0. The molecule has 0 aromatic heterocycles. The van der Waals surface area contributed by atoms with E-state index in [-0.39, 0.29) is 5.91 Å². The van der Waals surface area contributed by atoms with Crippen LogP contribution < -0.4 is 0 Å². The second-order valence-corrected chi connectivity index (χ2v) is 5.12. The maximum Gasteiger partial charge on any atom is 0.253 e. The molecule has 0 spiro atoms. The molecule has 0 radical (unpaired) electrons. The molecule has 0 aliphatic rings. The summed E-state index contributed by atoms with van der Waals surface area (Å²) in [7, 11) is 0. The number of carbonyl (C=O) groups is 1. The van der Waals surface area contributed by atoms with Crippen molar-refractivity contribution < 1.29 is 4.79 Å². The third kappa shape index (κ3) is 4.42. The summed E-state index contributed by atoms with van der Waals surface area (Å²) in [6.07, 6.45) is 0.364. The molecule has 1 aromatic carbocycles. The number of hydrogen-bond donors (Lipinski definition) is 1. The highest BCUT2D eigenvalue weighted by Crippen LogP contribution is 2.12. The molecule has 96 valence electrons. The molecule has 0 bridgehead atoms. The first kappa shape index (κ1) is 14.6. The fourth-order valence-corrected chi connectivity index (χ4v) is 1.84. The molecule has 0 heterocycles. The standard InChI is InChI=1S/C14H18N2OS/c1-11(2)10-16(9-3-8-15)14(17)12-4-6-13(18)7-5-12/h4-7,11,18H,3,9-10H2,1-2H3. The lowest BCUT2D eigenvalue weighted by molar-refractivity contribution is 0.0740. The maximum absolute atomic E-state index is 12.3. The van der Waals surface area contributed by atoms with Crippen molar-refractivity contribution in [3.05, 3.63) is 29.8 Å². The smallest absolute Gasteiger partial charge is 0.253 e. The fraction of sp³-hybridized carbons (Fsp3) is 0.429. The van der Waals surface area contributed by atoms with Crippen LogP contribution in [0.3, 0.4) is 0 Å². The summed E-state index contributed by atoms with van der Waals surface area (Å²) in [4.78, 5) is 14.9. The van der Waals surface area contributed by atoms with E-state index in [0.29, 0.717) is 31.0 Å². The fourth-order valence-electron chi connectivity index (χ4n) is 1.69. The molecule has 3 nitrogen and oxygen atoms in total. The summed E-state index contributed by atoms with van der Waals surface area (Å²) in [6.45, 7) is 5.27. The Kier molecular flexibility index (Phi) is 5.73. The van der Waals surface area contributed by atoms with Gasteiger partial charge in [0.1, 0.15) is 0 Å². The van der Waals surface area contributed by atoms with E-state index < -0.39 is 0 Å². The first-order valence-corrected chi connectivity index (χ1v) is 6.44. The number of carbonyl (C=O) groups excluding carboxylic acids is 1. The van der Waals surface area contributed by atoms with E-state index in [2.05, 4.69) is 32.5 Å². The zero-order valence-corrected chi connectivity index (χ0v) is 11.7. The Morgan fingerprint density at radius 2 is 2.00 bits per heavy atom. The number of nitrogens with zero attached hydrogens (tertiary/aromatic N) is 2. The Morgan fingerprint density at radius 3 is 2.50 bits per heavy atom. The zero-order valence-electron chi connectivity index (χ0n) is 10.8. The van der Waals surface area contributed by atoms with Gasteiger partial charge in [0, 0.05) is 23.5 Å². The lowest BCUT2D eigenvalue weighted by Crippen LogP contribution is -2.34. The Bertz CT molecular complexity index is 434. The van der Waals surface area contributed by atoms with Gasteiger partial charge in [-0.05, 0) is 30.2 Å². The number of thiol groups is 1. The minimum Gasteiger partial charge on any atom is -0.337 e. The molecule has 0 aliphatic carbocycles. The molecule has 1 rings (SSSR count). The summed E-state index contributed by atoms with van der Waals surface area (Å²) in [5, 5.41) is 8.64. The Labute approximate surface area is 114 Å². The van der Waals surface area contributed by atoms with Crippen molar-refractivity contribution >= 4 is 18.5 Å². The van der Waals surface area contributed by atoms with Gasteiger partial charge in [-0.1, -0.05) is 13.8 Å². The molecule has 0 unspecified atom stereocenters. The highest BCUT2D eigenvalue weighted by molar-refractivity contribution is 7.80. The van der Waals surface area contributed by atoms with Gasteiger partial charge in [-0.2, -0.15) is 5.26 Å². The third-order valence-corrected chi connectivity index (χ3v) is 2.78. The van der Waals surface area contributed by atoms with Gasteiger partial charge in [-0.3, -0.25) is 4.79 Å². The van der Waals surface area contributed by atoms with Gasteiger partial charge in [0.15, 0.2) is 0 Å². The SMILES string of the molecule is CC(C)CN(CCC#N)C(=O)c1ccc(S)cc1. The van der Waals surface area contributed by atoms with E-state index in [9.17, 15) is 4.79 Å². The number of amides is 1. The molecule has 4 heteroatoms. The van der Waals surface area contributed by atoms with Crippen molar-refractivity contribution in [1.82, 2.24) is 4.90 Å². The molecule has 0 saturated heterocycles. The second kappa shape index (κ2) is 7.07. The number of rotatable bonds is 5. The minimum absolute atomic E-state index is 0.0210. The van der Waals surface area contributed by atoms with Gasteiger partial charge in [-0.25, -0.2) is 0 Å². The van der Waals surface area contributed by atoms with Crippen molar-refractivity contribution in [2.45, 2.75) is 25.2 Å². The van der Waals surface area contributed by atoms with Crippen molar-refractivity contribution in [1.29, 1.82) is 5.26 Å². The monoisotopic (exact) mass is 262 g/mol. The second-order valence-electron chi connectivity index (χ2n) is 4.60. The zero-order chi connectivity index (χ0) is 13.5. The van der Waals surface area contributed by atoms with Crippen LogP contribution in [0.5, 0.6) is 0 Å². The van der Waals surface area contributed by atoms with Gasteiger partial charge in [0.2, 0.25) is 0 Å². The summed E-state index contributed by atoms with van der Waals surface area (Å²) in [5.74, 6) is 0.365. The number of benzene rings is 1. The van der Waals surface area contributed by atoms with Crippen LogP contribution in [-0.2, 0) is 0 Å². The van der Waals surface area contributed by atoms with E-state index in [4.69, 9.17) is 5.26 Å². The van der Waals surface area contributed by atoms with Gasteiger partial charge in [-0.15, -0.1) is 12.6 Å². The summed E-state index contributed by atoms with van der Waals surface area (Å²) >= 11 is 4.20. The summed E-state index contributed by atoms with van der Waals surface area (Å²) in [5.41, 5.74) is 0.645. The molecule has 0 aliphatic heterocycles. The molecule has 1 aromatic rings. The largest absolute Gasteiger partial charge is 0.337 e. The molecule has 18 heavy (non-hydrogen) atoms. The van der Waals surface area contributed by atoms with Gasteiger partial charge >= 0.3 is 0 Å². The van der Waals surface area contributed by atoms with Crippen LogP contribution in [0.25, 0.3) is 0 Å². The van der Waals surface area contributed by atoms with E-state index in [1.165, 1.54) is 0 Å². The van der Waals surface area contributed by atoms with Crippen LogP contribution in [0, 0.1) is 17.2 Å². The highest BCUT2D eigenvalue weighted by atomic mass is 32.1. The van der Waals surface area contributed by atoms with E-state index in [1.54, 1.807) is 29.2 Å². The predicted octanol–water partition coefficient (Wildman–Crippen LogP) is 2.99. The average molecular weight is 262 g/mol. The van der Waals surface area contributed by atoms with E-state index >= 15 is 0 Å². The number of nitriles is 1. The predicted molar refractivity (Wildman–Crippen MR) is 74.7 cm³/mol. The van der Waals surface area contributed by atoms with E-state index in [1.807, 2.05) is 0 Å². The van der Waals surface area contributed by atoms with Crippen molar-refractivity contribution in [3.63, 3.8) is 0 Å². The van der Waals surface area contributed by atoms with Crippen molar-refractivity contribution in [3.8, 4) is 6.07 Å². The maximum atomic E-state index is 12.3. The van der Waals surface area contributed by atoms with E-state index in [0.717, 1.165) is 4.90 Å².